The Kier molecular flexibility index (Phi) is 3.15. The first-order chi connectivity index (χ1) is 4.93. The Morgan fingerprint density at radius 1 is 1.80 bits per heavy atom. The minimum atomic E-state index is 0.729. The van der Waals surface area contributed by atoms with Crippen molar-refractivity contribution in [2.45, 2.75) is 0 Å². The fourth-order valence-corrected chi connectivity index (χ4v) is 1.47. The molecule has 0 aromatic carbocycles. The number of nitrogens with one attached hydrogen (secondary N) is 1. The molecule has 1 amide bonds. The summed E-state index contributed by atoms with van der Waals surface area (Å²) in [6.07, 6.45) is 2.77. The van der Waals surface area contributed by atoms with Gasteiger partial charge >= 0.3 is 0 Å². The molecule has 3 nitrogen and oxygen atoms in total. The van der Waals surface area contributed by atoms with Gasteiger partial charge in [-0.3, -0.25) is 4.79 Å². The van der Waals surface area contributed by atoms with Gasteiger partial charge in [0.15, 0.2) is 0 Å². The number of carbonyl (C=O) groups is 1. The number of hydrogen-bond acceptors (Lipinski definition) is 3. The first-order valence-corrected chi connectivity index (χ1v) is 4.18. The summed E-state index contributed by atoms with van der Waals surface area (Å²) in [5.41, 5.74) is 0. The second-order valence-electron chi connectivity index (χ2n) is 1.97. The molecule has 56 valence electrons. The van der Waals surface area contributed by atoms with Gasteiger partial charge < -0.3 is 10.2 Å². The van der Waals surface area contributed by atoms with E-state index in [2.05, 4.69) is 15.6 Å². The maximum atomic E-state index is 9.83. The predicted molar refractivity (Wildman–Crippen MR) is 42.4 cm³/mol. The van der Waals surface area contributed by atoms with Crippen molar-refractivity contribution in [1.29, 1.82) is 0 Å². The second-order valence-corrected chi connectivity index (χ2v) is 2.83. The maximum absolute atomic E-state index is 9.83. The highest BCUT2D eigenvalue weighted by atomic mass is 32.2. The van der Waals surface area contributed by atoms with Crippen LogP contribution in [0.4, 0.5) is 0 Å². The summed E-state index contributed by atoms with van der Waals surface area (Å²) < 4.78 is 0. The van der Waals surface area contributed by atoms with Gasteiger partial charge in [-0.1, -0.05) is 0 Å². The molecule has 0 unspecified atom stereocenters. The lowest BCUT2D eigenvalue weighted by Gasteiger charge is -2.12. The van der Waals surface area contributed by atoms with Gasteiger partial charge in [0.2, 0.25) is 6.41 Å². The van der Waals surface area contributed by atoms with E-state index in [1.54, 1.807) is 11.8 Å². The van der Waals surface area contributed by atoms with Crippen LogP contribution in [0.2, 0.25) is 0 Å². The highest BCUT2D eigenvalue weighted by molar-refractivity contribution is 8.02. The van der Waals surface area contributed by atoms with Crippen molar-refractivity contribution in [3.63, 3.8) is 0 Å². The van der Waals surface area contributed by atoms with Crippen molar-refractivity contribution in [2.75, 3.05) is 19.0 Å². The molecule has 0 aromatic rings. The van der Waals surface area contributed by atoms with Gasteiger partial charge in [0.25, 0.3) is 0 Å². The summed E-state index contributed by atoms with van der Waals surface area (Å²) in [6, 6.07) is 0. The van der Waals surface area contributed by atoms with Crippen LogP contribution in [-0.2, 0) is 4.79 Å². The van der Waals surface area contributed by atoms with Crippen LogP contribution in [0, 0.1) is 0 Å². The van der Waals surface area contributed by atoms with E-state index in [0.29, 0.717) is 0 Å². The molecule has 1 heterocycles. The van der Waals surface area contributed by atoms with E-state index < -0.39 is 0 Å². The molecule has 0 fully saturated rings. The summed E-state index contributed by atoms with van der Waals surface area (Å²) in [6.45, 7) is 1.64. The zero-order valence-corrected chi connectivity index (χ0v) is 6.43. The molecule has 0 aromatic heterocycles. The highest BCUT2D eigenvalue weighted by Gasteiger charge is 2.01. The quantitative estimate of drug-likeness (QED) is 0.469. The molecule has 1 aliphatic rings. The molecule has 1 rings (SSSR count). The number of nitrogens with zero attached hydrogens (tertiary/aromatic N) is 1. The van der Waals surface area contributed by atoms with E-state index in [1.165, 1.54) is 0 Å². The van der Waals surface area contributed by atoms with Crippen molar-refractivity contribution < 1.29 is 4.79 Å². The molecule has 0 radical (unpaired) electrons. The second kappa shape index (κ2) is 4.22. The van der Waals surface area contributed by atoms with Gasteiger partial charge in [0.05, 0.1) is 5.88 Å². The van der Waals surface area contributed by atoms with Crippen LogP contribution in [0.25, 0.3) is 0 Å². The molecule has 1 aliphatic heterocycles. The molecular formula is C6H10N2OS. The number of carbonyl (C=O) groups excluding carboxylic acids is 1. The number of rotatable bonds is 4. The van der Waals surface area contributed by atoms with Crippen LogP contribution in [0.3, 0.4) is 0 Å². The summed E-state index contributed by atoms with van der Waals surface area (Å²) in [5, 5.41) is 4.67. The van der Waals surface area contributed by atoms with Crippen LogP contribution < -0.4 is 5.32 Å². The van der Waals surface area contributed by atoms with Crippen molar-refractivity contribution in [1.82, 2.24) is 10.2 Å². The Bertz CT molecular complexity index is 138. The third-order valence-corrected chi connectivity index (χ3v) is 2.03. The maximum Gasteiger partial charge on any atom is 0.207 e. The van der Waals surface area contributed by atoms with E-state index in [-0.39, 0.29) is 0 Å². The summed E-state index contributed by atoms with van der Waals surface area (Å²) >= 11 is 1.77. The van der Waals surface area contributed by atoms with Crippen molar-refractivity contribution in [3.05, 3.63) is 11.6 Å². The fraction of sp³-hybridized carbons (Fsp3) is 0.500. The first-order valence-electron chi connectivity index (χ1n) is 3.13. The van der Waals surface area contributed by atoms with Crippen LogP contribution in [0.1, 0.15) is 0 Å². The molecule has 0 aliphatic carbocycles. The smallest absolute Gasteiger partial charge is 0.207 e. The van der Waals surface area contributed by atoms with Crippen molar-refractivity contribution in [3.8, 4) is 0 Å². The minimum Gasteiger partial charge on any atom is -0.366 e. The Labute approximate surface area is 64.5 Å². The minimum absolute atomic E-state index is 0.729. The fourth-order valence-electron chi connectivity index (χ4n) is 0.717. The molecule has 0 saturated carbocycles. The molecule has 0 saturated heterocycles. The Hall–Kier alpha value is -0.640. The van der Waals surface area contributed by atoms with Crippen LogP contribution >= 0.6 is 11.8 Å². The normalized spacial score (nSPS) is 15.8. The largest absolute Gasteiger partial charge is 0.366 e. The van der Waals surface area contributed by atoms with Gasteiger partial charge in [-0.2, -0.15) is 0 Å². The topological polar surface area (TPSA) is 32.3 Å². The third-order valence-electron chi connectivity index (χ3n) is 1.23. The Balaban J connectivity index is 2.02. The van der Waals surface area contributed by atoms with E-state index >= 15 is 0 Å². The average Bonchev–Trinajstić information content (AvgIpc) is 2.41. The third kappa shape index (κ3) is 2.31. The molecule has 10 heavy (non-hydrogen) atoms. The predicted octanol–water partition coefficient (Wildman–Crippen LogP) is 0.210. The molecule has 0 spiro atoms. The molecular weight excluding hydrogens is 148 g/mol. The van der Waals surface area contributed by atoms with E-state index in [0.717, 1.165) is 25.4 Å². The molecule has 4 heteroatoms. The average molecular weight is 158 g/mol. The zero-order valence-electron chi connectivity index (χ0n) is 5.62. The molecule has 1 N–H and O–H groups in total. The summed E-state index contributed by atoms with van der Waals surface area (Å²) in [4.78, 5) is 12.0. The number of amides is 1. The van der Waals surface area contributed by atoms with E-state index in [4.69, 9.17) is 0 Å². The molecule has 0 bridgehead atoms. The van der Waals surface area contributed by atoms with E-state index in [1.807, 2.05) is 6.20 Å². The number of thioether (sulfide) groups is 1. The highest BCUT2D eigenvalue weighted by Crippen LogP contribution is 2.13. The lowest BCUT2D eigenvalue weighted by molar-refractivity contribution is -0.109. The SMILES string of the molecule is O=CNCCN1C=CSC1. The first kappa shape index (κ1) is 7.47. The zero-order chi connectivity index (χ0) is 7.23. The standard InChI is InChI=1S/C6H10N2OS/c9-5-7-1-2-8-3-4-10-6-8/h3-5H,1-2,6H2,(H,7,9). The monoisotopic (exact) mass is 158 g/mol. The van der Waals surface area contributed by atoms with Gasteiger partial charge in [-0.15, -0.1) is 11.8 Å². The van der Waals surface area contributed by atoms with Crippen molar-refractivity contribution in [2.24, 2.45) is 0 Å². The number of hydrogen-bond donors (Lipinski definition) is 1. The summed E-state index contributed by atoms with van der Waals surface area (Å²) in [7, 11) is 0. The summed E-state index contributed by atoms with van der Waals surface area (Å²) in [5.74, 6) is 1.01. The van der Waals surface area contributed by atoms with Crippen LogP contribution in [-0.4, -0.2) is 30.3 Å². The van der Waals surface area contributed by atoms with Gasteiger partial charge in [-0.25, -0.2) is 0 Å². The van der Waals surface area contributed by atoms with E-state index in [9.17, 15) is 4.79 Å². The van der Waals surface area contributed by atoms with Gasteiger partial charge in [0.1, 0.15) is 0 Å². The lowest BCUT2D eigenvalue weighted by atomic mass is 10.6. The Morgan fingerprint density at radius 2 is 2.70 bits per heavy atom. The van der Waals surface area contributed by atoms with Crippen LogP contribution in [0.5, 0.6) is 0 Å². The van der Waals surface area contributed by atoms with Crippen LogP contribution in [0.15, 0.2) is 11.6 Å². The lowest BCUT2D eigenvalue weighted by Crippen LogP contribution is -2.25. The Morgan fingerprint density at radius 3 is 3.30 bits per heavy atom. The van der Waals surface area contributed by atoms with Crippen molar-refractivity contribution >= 4 is 18.2 Å². The van der Waals surface area contributed by atoms with Gasteiger partial charge in [0, 0.05) is 19.3 Å². The molecule has 0 atom stereocenters. The van der Waals surface area contributed by atoms with Gasteiger partial charge in [-0.05, 0) is 5.41 Å².